The highest BCUT2D eigenvalue weighted by molar-refractivity contribution is 7.92. The van der Waals surface area contributed by atoms with Gasteiger partial charge in [0.05, 0.1) is 33.0 Å². The first-order valence-electron chi connectivity index (χ1n) is 11.9. The molecule has 0 aliphatic carbocycles. The number of thiazole rings is 1. The summed E-state index contributed by atoms with van der Waals surface area (Å²) in [5.74, 6) is -0.877. The van der Waals surface area contributed by atoms with E-state index in [9.17, 15) is 18.0 Å². The van der Waals surface area contributed by atoms with E-state index in [1.54, 1.807) is 25.1 Å². The van der Waals surface area contributed by atoms with E-state index in [2.05, 4.69) is 4.99 Å². The van der Waals surface area contributed by atoms with Gasteiger partial charge in [-0.05, 0) is 74.4 Å². The van der Waals surface area contributed by atoms with Gasteiger partial charge >= 0.3 is 5.97 Å². The topological polar surface area (TPSA) is 98.0 Å². The molecule has 0 N–H and O–H groups in total. The highest BCUT2D eigenvalue weighted by Gasteiger charge is 2.30. The van der Waals surface area contributed by atoms with E-state index in [-0.39, 0.29) is 17.1 Å². The summed E-state index contributed by atoms with van der Waals surface area (Å²) >= 11 is 1.30. The molecule has 1 amide bonds. The van der Waals surface area contributed by atoms with E-state index in [0.29, 0.717) is 35.6 Å². The number of fused-ring (bicyclic) bond motifs is 2. The number of esters is 1. The van der Waals surface area contributed by atoms with E-state index in [1.165, 1.54) is 39.9 Å². The number of hydrogen-bond acceptors (Lipinski definition) is 6. The van der Waals surface area contributed by atoms with Crippen molar-refractivity contribution in [1.29, 1.82) is 0 Å². The number of carbonyl (C=O) groups is 2. The second kappa shape index (κ2) is 9.95. The SMILES string of the molecule is CCOC(=O)c1ccc2c(c1)sc(=NC(=O)c1ccc(S(=O)(=O)N3CCc4ccccc43)cc1)n2CC. The number of aryl methyl sites for hydroxylation is 1. The van der Waals surface area contributed by atoms with Gasteiger partial charge in [0.15, 0.2) is 4.80 Å². The van der Waals surface area contributed by atoms with Crippen molar-refractivity contribution in [3.63, 3.8) is 0 Å². The molecule has 2 heterocycles. The first-order chi connectivity index (χ1) is 17.8. The van der Waals surface area contributed by atoms with Crippen molar-refractivity contribution >= 4 is 49.1 Å². The molecule has 0 spiro atoms. The van der Waals surface area contributed by atoms with Crippen LogP contribution in [-0.2, 0) is 27.7 Å². The van der Waals surface area contributed by atoms with Crippen LogP contribution in [-0.4, -0.2) is 38.0 Å². The largest absolute Gasteiger partial charge is 0.462 e. The maximum absolute atomic E-state index is 13.3. The van der Waals surface area contributed by atoms with Crippen LogP contribution < -0.4 is 9.11 Å². The molecule has 190 valence electrons. The number of carbonyl (C=O) groups excluding carboxylic acids is 2. The number of ether oxygens (including phenoxy) is 1. The third kappa shape index (κ3) is 4.58. The molecule has 0 unspecified atom stereocenters. The summed E-state index contributed by atoms with van der Waals surface area (Å²) in [5, 5.41) is 0. The molecule has 5 rings (SSSR count). The van der Waals surface area contributed by atoms with Crippen LogP contribution in [0.15, 0.2) is 76.6 Å². The van der Waals surface area contributed by atoms with Crippen molar-refractivity contribution in [2.24, 2.45) is 4.99 Å². The average Bonchev–Trinajstić information content (AvgIpc) is 3.49. The van der Waals surface area contributed by atoms with E-state index >= 15 is 0 Å². The van der Waals surface area contributed by atoms with E-state index in [1.807, 2.05) is 35.8 Å². The number of rotatable bonds is 6. The summed E-state index contributed by atoms with van der Waals surface area (Å²) in [6.45, 7) is 4.96. The van der Waals surface area contributed by atoms with Crippen LogP contribution >= 0.6 is 11.3 Å². The smallest absolute Gasteiger partial charge is 0.338 e. The fourth-order valence-corrected chi connectivity index (χ4v) is 7.05. The third-order valence-electron chi connectivity index (χ3n) is 6.24. The summed E-state index contributed by atoms with van der Waals surface area (Å²) in [7, 11) is -3.75. The molecule has 8 nitrogen and oxygen atoms in total. The van der Waals surface area contributed by atoms with Crippen molar-refractivity contribution in [1.82, 2.24) is 4.57 Å². The molecule has 0 atom stereocenters. The Bertz CT molecular complexity index is 1690. The standard InChI is InChI=1S/C27H25N3O5S2/c1-3-29-23-14-11-20(26(32)35-4-2)17-24(23)36-27(29)28-25(31)19-9-12-21(13-10-19)37(33,34)30-16-15-18-7-5-6-8-22(18)30/h5-14,17H,3-4,15-16H2,1-2H3. The fourth-order valence-electron chi connectivity index (χ4n) is 4.41. The summed E-state index contributed by atoms with van der Waals surface area (Å²) in [6, 6.07) is 18.6. The van der Waals surface area contributed by atoms with Crippen LogP contribution in [0.4, 0.5) is 5.69 Å². The van der Waals surface area contributed by atoms with Crippen molar-refractivity contribution in [2.75, 3.05) is 17.5 Å². The molecule has 1 aromatic heterocycles. The second-order valence-electron chi connectivity index (χ2n) is 8.43. The molecule has 0 radical (unpaired) electrons. The first-order valence-corrected chi connectivity index (χ1v) is 14.2. The summed E-state index contributed by atoms with van der Waals surface area (Å²) < 4.78 is 35.7. The number of para-hydroxylation sites is 1. The van der Waals surface area contributed by atoms with E-state index in [0.717, 1.165) is 15.8 Å². The van der Waals surface area contributed by atoms with E-state index < -0.39 is 21.9 Å². The van der Waals surface area contributed by atoms with Gasteiger partial charge in [0.1, 0.15) is 0 Å². The predicted molar refractivity (Wildman–Crippen MR) is 142 cm³/mol. The number of aromatic nitrogens is 1. The molecule has 4 aromatic rings. The molecule has 0 bridgehead atoms. The minimum Gasteiger partial charge on any atom is -0.462 e. The molecule has 10 heteroatoms. The normalized spacial score (nSPS) is 13.7. The highest BCUT2D eigenvalue weighted by atomic mass is 32.2. The Kier molecular flexibility index (Phi) is 6.70. The number of sulfonamides is 1. The Morgan fingerprint density at radius 2 is 1.73 bits per heavy atom. The predicted octanol–water partition coefficient (Wildman–Crippen LogP) is 4.39. The van der Waals surface area contributed by atoms with Gasteiger partial charge in [-0.1, -0.05) is 29.5 Å². The van der Waals surface area contributed by atoms with Gasteiger partial charge in [-0.15, -0.1) is 0 Å². The first kappa shape index (κ1) is 24.9. The van der Waals surface area contributed by atoms with Crippen LogP contribution in [0, 0.1) is 0 Å². The number of hydrogen-bond donors (Lipinski definition) is 0. The maximum atomic E-state index is 13.3. The van der Waals surface area contributed by atoms with Crippen molar-refractivity contribution in [3.8, 4) is 0 Å². The van der Waals surface area contributed by atoms with Crippen molar-refractivity contribution < 1.29 is 22.7 Å². The lowest BCUT2D eigenvalue weighted by Gasteiger charge is -2.19. The van der Waals surface area contributed by atoms with Gasteiger partial charge in [-0.3, -0.25) is 9.10 Å². The lowest BCUT2D eigenvalue weighted by Crippen LogP contribution is -2.29. The Morgan fingerprint density at radius 1 is 1.00 bits per heavy atom. The average molecular weight is 536 g/mol. The van der Waals surface area contributed by atoms with Crippen LogP contribution in [0.25, 0.3) is 10.2 Å². The van der Waals surface area contributed by atoms with Gasteiger partial charge in [-0.2, -0.15) is 4.99 Å². The summed E-state index contributed by atoms with van der Waals surface area (Å²) in [4.78, 5) is 30.0. The lowest BCUT2D eigenvalue weighted by atomic mass is 10.2. The van der Waals surface area contributed by atoms with Gasteiger partial charge in [0, 0.05) is 18.7 Å². The Balaban J connectivity index is 1.44. The second-order valence-corrected chi connectivity index (χ2v) is 11.3. The molecular formula is C27H25N3O5S2. The molecule has 0 saturated heterocycles. The zero-order valence-corrected chi connectivity index (χ0v) is 22.0. The van der Waals surface area contributed by atoms with Crippen LogP contribution in [0.2, 0.25) is 0 Å². The lowest BCUT2D eigenvalue weighted by molar-refractivity contribution is 0.0526. The van der Waals surface area contributed by atoms with Crippen LogP contribution in [0.1, 0.15) is 40.1 Å². The molecule has 0 saturated carbocycles. The highest BCUT2D eigenvalue weighted by Crippen LogP contribution is 2.32. The Hall–Kier alpha value is -3.76. The van der Waals surface area contributed by atoms with Crippen LogP contribution in [0.3, 0.4) is 0 Å². The molecule has 1 aliphatic heterocycles. The number of anilines is 1. The van der Waals surface area contributed by atoms with Gasteiger partial charge in [-0.25, -0.2) is 13.2 Å². The monoisotopic (exact) mass is 535 g/mol. The Labute approximate surface area is 218 Å². The molecule has 0 fully saturated rings. The third-order valence-corrected chi connectivity index (χ3v) is 9.11. The molecule has 3 aromatic carbocycles. The quantitative estimate of drug-likeness (QED) is 0.341. The minimum absolute atomic E-state index is 0.123. The molecule has 37 heavy (non-hydrogen) atoms. The zero-order chi connectivity index (χ0) is 26.2. The summed E-state index contributed by atoms with van der Waals surface area (Å²) in [6.07, 6.45) is 0.665. The zero-order valence-electron chi connectivity index (χ0n) is 20.4. The Morgan fingerprint density at radius 3 is 2.46 bits per heavy atom. The number of benzene rings is 3. The fraction of sp³-hybridized carbons (Fsp3) is 0.222. The maximum Gasteiger partial charge on any atom is 0.338 e. The molecule has 1 aliphatic rings. The van der Waals surface area contributed by atoms with Gasteiger partial charge < -0.3 is 9.30 Å². The van der Waals surface area contributed by atoms with Crippen molar-refractivity contribution in [2.45, 2.75) is 31.7 Å². The van der Waals surface area contributed by atoms with E-state index in [4.69, 9.17) is 4.74 Å². The molecular weight excluding hydrogens is 510 g/mol. The summed E-state index contributed by atoms with van der Waals surface area (Å²) in [5.41, 5.74) is 3.28. The van der Waals surface area contributed by atoms with Crippen LogP contribution in [0.5, 0.6) is 0 Å². The minimum atomic E-state index is -3.75. The van der Waals surface area contributed by atoms with Gasteiger partial charge in [0.25, 0.3) is 15.9 Å². The van der Waals surface area contributed by atoms with Crippen molar-refractivity contribution in [3.05, 3.63) is 88.2 Å². The van der Waals surface area contributed by atoms with Gasteiger partial charge in [0.2, 0.25) is 0 Å². The number of amides is 1. The number of nitrogens with zero attached hydrogens (tertiary/aromatic N) is 3.